The van der Waals surface area contributed by atoms with Crippen LogP contribution in [0.15, 0.2) is 29.1 Å². The van der Waals surface area contributed by atoms with E-state index in [2.05, 4.69) is 10.3 Å². The molecule has 1 fully saturated rings. The second-order valence-corrected chi connectivity index (χ2v) is 8.26. The number of aryl methyl sites for hydroxylation is 1. The molecule has 168 valence electrons. The lowest BCUT2D eigenvalue weighted by Crippen LogP contribution is -2.50. The molecule has 0 aliphatic carbocycles. The van der Waals surface area contributed by atoms with Crippen LogP contribution in [-0.4, -0.2) is 59.3 Å². The lowest BCUT2D eigenvalue weighted by Gasteiger charge is -2.34. The summed E-state index contributed by atoms with van der Waals surface area (Å²) < 4.78 is 0. The van der Waals surface area contributed by atoms with Crippen molar-refractivity contribution in [2.45, 2.75) is 26.7 Å². The molecule has 3 rings (SSSR count). The van der Waals surface area contributed by atoms with Gasteiger partial charge >= 0.3 is 0 Å². The van der Waals surface area contributed by atoms with Gasteiger partial charge in [0.05, 0.1) is 17.3 Å². The van der Waals surface area contributed by atoms with E-state index in [1.807, 2.05) is 17.0 Å². The summed E-state index contributed by atoms with van der Waals surface area (Å²) in [5.41, 5.74) is 2.45. The number of hydrogen-bond donors (Lipinski definition) is 2. The molecule has 2 amide bonds. The molecule has 0 bridgehead atoms. The smallest absolute Gasteiger partial charge is 0.266 e. The van der Waals surface area contributed by atoms with E-state index in [4.69, 9.17) is 11.6 Å². The summed E-state index contributed by atoms with van der Waals surface area (Å²) in [7, 11) is 0. The molecule has 1 aliphatic heterocycles. The highest BCUT2D eigenvalue weighted by Gasteiger charge is 2.23. The number of nitrogens with zero attached hydrogens (tertiary/aromatic N) is 3. The fourth-order valence-electron chi connectivity index (χ4n) is 3.92. The highest BCUT2D eigenvalue weighted by atomic mass is 35.5. The van der Waals surface area contributed by atoms with Gasteiger partial charge in [0.2, 0.25) is 11.8 Å². The summed E-state index contributed by atoms with van der Waals surface area (Å²) in [5.74, 6) is -0.121. The van der Waals surface area contributed by atoms with E-state index in [1.54, 1.807) is 36.9 Å². The molecule has 2 aromatic rings. The van der Waals surface area contributed by atoms with Crippen molar-refractivity contribution >= 4 is 29.1 Å². The molecule has 0 atom stereocenters. The minimum Gasteiger partial charge on any atom is -0.340 e. The van der Waals surface area contributed by atoms with Crippen LogP contribution in [0.3, 0.4) is 0 Å². The van der Waals surface area contributed by atoms with Gasteiger partial charge in [0.15, 0.2) is 0 Å². The fraction of sp³-hybridized carbons (Fsp3) is 0.391. The molecular formula is C23H26ClN5O3. The van der Waals surface area contributed by atoms with Gasteiger partial charge in [-0.15, -0.1) is 0 Å². The first-order valence-corrected chi connectivity index (χ1v) is 10.8. The first-order chi connectivity index (χ1) is 15.3. The van der Waals surface area contributed by atoms with Crippen LogP contribution in [0.4, 0.5) is 5.69 Å². The molecule has 8 nitrogen and oxygen atoms in total. The molecule has 1 aromatic heterocycles. The number of carbonyl (C=O) groups is 2. The van der Waals surface area contributed by atoms with E-state index < -0.39 is 5.56 Å². The van der Waals surface area contributed by atoms with Crippen molar-refractivity contribution in [3.8, 4) is 6.07 Å². The summed E-state index contributed by atoms with van der Waals surface area (Å²) >= 11 is 6.08. The second kappa shape index (κ2) is 10.4. The van der Waals surface area contributed by atoms with Crippen LogP contribution in [0.2, 0.25) is 5.02 Å². The first kappa shape index (κ1) is 23.5. The Morgan fingerprint density at radius 2 is 1.88 bits per heavy atom. The van der Waals surface area contributed by atoms with Gasteiger partial charge in [-0.25, -0.2) is 0 Å². The SMILES string of the molecule is Cc1[nH]c(=O)c(C#N)c(C)c1CCC(=O)N1CCN(CC(=O)Nc2ccccc2Cl)CC1. The average Bonchev–Trinajstić information content (AvgIpc) is 2.75. The maximum Gasteiger partial charge on any atom is 0.266 e. The van der Waals surface area contributed by atoms with E-state index in [9.17, 15) is 19.6 Å². The van der Waals surface area contributed by atoms with Crippen molar-refractivity contribution < 1.29 is 9.59 Å². The Morgan fingerprint density at radius 3 is 2.53 bits per heavy atom. The standard InChI is InChI=1S/C23H26ClN5O3/c1-15-17(16(2)26-23(32)18(15)13-25)7-8-22(31)29-11-9-28(10-12-29)14-21(30)27-20-6-4-3-5-19(20)24/h3-6H,7-12,14H2,1-2H3,(H,26,32)(H,27,30). The Balaban J connectivity index is 1.49. The Morgan fingerprint density at radius 1 is 1.19 bits per heavy atom. The quantitative estimate of drug-likeness (QED) is 0.694. The molecule has 1 saturated heterocycles. The van der Waals surface area contributed by atoms with Gasteiger partial charge in [0.1, 0.15) is 11.6 Å². The zero-order valence-electron chi connectivity index (χ0n) is 18.2. The van der Waals surface area contributed by atoms with Crippen LogP contribution in [0.5, 0.6) is 0 Å². The van der Waals surface area contributed by atoms with E-state index in [0.717, 1.165) is 5.56 Å². The number of nitrogens with one attached hydrogen (secondary N) is 2. The molecule has 0 saturated carbocycles. The number of aromatic nitrogens is 1. The van der Waals surface area contributed by atoms with Crippen molar-refractivity contribution in [3.63, 3.8) is 0 Å². The molecular weight excluding hydrogens is 430 g/mol. The minimum atomic E-state index is -0.396. The third-order valence-corrected chi connectivity index (χ3v) is 6.08. The fourth-order valence-corrected chi connectivity index (χ4v) is 4.10. The summed E-state index contributed by atoms with van der Waals surface area (Å²) in [6.07, 6.45) is 0.758. The number of pyridine rings is 1. The van der Waals surface area contributed by atoms with Gasteiger partial charge in [-0.1, -0.05) is 23.7 Å². The maximum absolute atomic E-state index is 12.7. The number of aromatic amines is 1. The molecule has 0 unspecified atom stereocenters. The predicted molar refractivity (Wildman–Crippen MR) is 123 cm³/mol. The predicted octanol–water partition coefficient (Wildman–Crippen LogP) is 2.23. The van der Waals surface area contributed by atoms with Gasteiger partial charge in [0, 0.05) is 38.3 Å². The molecule has 1 aromatic carbocycles. The number of hydrogen-bond acceptors (Lipinski definition) is 5. The Labute approximate surface area is 191 Å². The van der Waals surface area contributed by atoms with E-state index in [-0.39, 0.29) is 23.9 Å². The second-order valence-electron chi connectivity index (χ2n) is 7.85. The molecule has 1 aliphatic rings. The lowest BCUT2D eigenvalue weighted by molar-refractivity contribution is -0.133. The molecule has 2 N–H and O–H groups in total. The highest BCUT2D eigenvalue weighted by molar-refractivity contribution is 6.33. The van der Waals surface area contributed by atoms with Gasteiger partial charge in [0.25, 0.3) is 5.56 Å². The number of piperazine rings is 1. The average molecular weight is 456 g/mol. The summed E-state index contributed by atoms with van der Waals surface area (Å²) in [6.45, 7) is 6.07. The van der Waals surface area contributed by atoms with Crippen molar-refractivity contribution in [2.24, 2.45) is 0 Å². The maximum atomic E-state index is 12.7. The van der Waals surface area contributed by atoms with Crippen molar-refractivity contribution in [3.05, 3.63) is 62.0 Å². The van der Waals surface area contributed by atoms with Crippen LogP contribution in [0.1, 0.15) is 28.8 Å². The zero-order chi connectivity index (χ0) is 23.3. The minimum absolute atomic E-state index is 0.0219. The number of para-hydroxylation sites is 1. The molecule has 0 radical (unpaired) electrons. The highest BCUT2D eigenvalue weighted by Crippen LogP contribution is 2.20. The van der Waals surface area contributed by atoms with Gasteiger partial charge in [-0.05, 0) is 43.5 Å². The molecule has 32 heavy (non-hydrogen) atoms. The first-order valence-electron chi connectivity index (χ1n) is 10.5. The number of halogens is 1. The van der Waals surface area contributed by atoms with Crippen LogP contribution >= 0.6 is 11.6 Å². The molecule has 9 heteroatoms. The number of carbonyl (C=O) groups excluding carboxylic acids is 2. The molecule has 0 spiro atoms. The number of rotatable bonds is 6. The van der Waals surface area contributed by atoms with Gasteiger partial charge in [-0.3, -0.25) is 19.3 Å². The van der Waals surface area contributed by atoms with Crippen LogP contribution < -0.4 is 10.9 Å². The number of amides is 2. The van der Waals surface area contributed by atoms with Gasteiger partial charge < -0.3 is 15.2 Å². The summed E-state index contributed by atoms with van der Waals surface area (Å²) in [4.78, 5) is 43.4. The third-order valence-electron chi connectivity index (χ3n) is 5.75. The lowest BCUT2D eigenvalue weighted by atomic mass is 9.99. The number of H-pyrrole nitrogens is 1. The molecule has 2 heterocycles. The van der Waals surface area contributed by atoms with Crippen molar-refractivity contribution in [1.82, 2.24) is 14.8 Å². The van der Waals surface area contributed by atoms with Crippen molar-refractivity contribution in [2.75, 3.05) is 38.0 Å². The normalized spacial score (nSPS) is 14.1. The monoisotopic (exact) mass is 455 g/mol. The van der Waals surface area contributed by atoms with Crippen LogP contribution in [0, 0.1) is 25.2 Å². The summed E-state index contributed by atoms with van der Waals surface area (Å²) in [5, 5.41) is 12.5. The third kappa shape index (κ3) is 5.55. The Bertz CT molecular complexity index is 1110. The Hall–Kier alpha value is -3.15. The van der Waals surface area contributed by atoms with E-state index in [1.165, 1.54) is 0 Å². The summed E-state index contributed by atoms with van der Waals surface area (Å²) in [6, 6.07) is 9.02. The van der Waals surface area contributed by atoms with E-state index in [0.29, 0.717) is 61.0 Å². The number of nitriles is 1. The number of benzene rings is 1. The van der Waals surface area contributed by atoms with Crippen LogP contribution in [-0.2, 0) is 16.0 Å². The van der Waals surface area contributed by atoms with E-state index >= 15 is 0 Å². The zero-order valence-corrected chi connectivity index (χ0v) is 19.0. The van der Waals surface area contributed by atoms with Crippen molar-refractivity contribution in [1.29, 1.82) is 5.26 Å². The van der Waals surface area contributed by atoms with Crippen LogP contribution in [0.25, 0.3) is 0 Å². The largest absolute Gasteiger partial charge is 0.340 e. The topological polar surface area (TPSA) is 109 Å². The number of anilines is 1. The van der Waals surface area contributed by atoms with Gasteiger partial charge in [-0.2, -0.15) is 5.26 Å². The Kier molecular flexibility index (Phi) is 7.67.